The molecule has 0 radical (unpaired) electrons. The molecular weight excluding hydrogens is 2530 g/mol. The van der Waals surface area contributed by atoms with E-state index in [1.54, 1.807) is 0 Å². The Labute approximate surface area is 932 Å². The number of benzene rings is 12. The molecular formula is C132H116N12Pt4. The largest absolute Gasteiger partial charge is 2.00 e. The van der Waals surface area contributed by atoms with E-state index in [0.717, 1.165) is 159 Å². The van der Waals surface area contributed by atoms with Gasteiger partial charge in [-0.25, -0.2) is 0 Å². The van der Waals surface area contributed by atoms with Crippen LogP contribution in [0.5, 0.6) is 0 Å². The molecule has 0 bridgehead atoms. The van der Waals surface area contributed by atoms with Gasteiger partial charge in [0.25, 0.3) is 0 Å². The quantitative estimate of drug-likeness (QED) is 0.0677. The average molecular weight is 2650 g/mol. The summed E-state index contributed by atoms with van der Waals surface area (Å²) in [5, 5.41) is 0. The van der Waals surface area contributed by atoms with Crippen LogP contribution < -0.4 is 19.6 Å². The Morgan fingerprint density at radius 3 is 0.649 bits per heavy atom. The fraction of sp³-hybridized carbons (Fsp3) is 0.152. The summed E-state index contributed by atoms with van der Waals surface area (Å²) in [4.78, 5) is 47.0. The van der Waals surface area contributed by atoms with E-state index in [1.165, 1.54) is 27.8 Å². The third-order valence-corrected chi connectivity index (χ3v) is 24.5. The van der Waals surface area contributed by atoms with Gasteiger partial charge in [0.05, 0.1) is 0 Å². The first-order valence-corrected chi connectivity index (χ1v) is 48.8. The van der Waals surface area contributed by atoms with Gasteiger partial charge in [-0.05, 0) is 220 Å². The van der Waals surface area contributed by atoms with Gasteiger partial charge >= 0.3 is 84.3 Å². The number of hydrogen-bond acceptors (Lipinski definition) is 12. The Morgan fingerprint density at radius 2 is 0.399 bits per heavy atom. The molecule has 0 fully saturated rings. The Balaban J connectivity index is 0.000000164. The van der Waals surface area contributed by atoms with Crippen molar-refractivity contribution in [1.29, 1.82) is 0 Å². The van der Waals surface area contributed by atoms with Crippen molar-refractivity contribution in [3.63, 3.8) is 0 Å². The Hall–Kier alpha value is -14.2. The minimum atomic E-state index is -0.0236. The van der Waals surface area contributed by atoms with E-state index in [4.69, 9.17) is 19.9 Å². The summed E-state index contributed by atoms with van der Waals surface area (Å²) in [6.07, 6.45) is 7.26. The SMILES string of the molecule is CC(C)(C)c1cc(N(c2[c-]c(-c3ccccn3)ccc2)c2[c-]c(-c3ccccn3)ccc2)cc(C(C)(C)C)c1.CC(C)(C)c1cc(N(c2cccc(-c3[c-]cccc3)n2)c2cccc(-c3[c-]cccc3)n2)cc(C(C)(C)C)c1.CC(C)(C)c1ccc(N(c2[c-]c(-c3ccccn3)ccc2)c2[c-]c(-c3ccccn3)ccc2)cc1.[Pt+2].[Pt+2].[Pt+2].[Pt+2].[c-]1ccccc1-c1cccc(N(c2ccccc2)c2cccc(-c3[c-]cccc3)n2)n1. The van der Waals surface area contributed by atoms with Gasteiger partial charge in [0, 0.05) is 47.5 Å². The van der Waals surface area contributed by atoms with Crippen LogP contribution in [0.4, 0.5) is 68.8 Å². The smallest absolute Gasteiger partial charge is 0.346 e. The van der Waals surface area contributed by atoms with E-state index in [2.05, 4.69) is 350 Å². The molecule has 12 aromatic carbocycles. The second-order valence-electron chi connectivity index (χ2n) is 40.3. The summed E-state index contributed by atoms with van der Waals surface area (Å²) in [6, 6.07) is 165. The molecule has 148 heavy (non-hydrogen) atoms. The minimum absolute atomic E-state index is 0. The van der Waals surface area contributed by atoms with Gasteiger partial charge in [0.2, 0.25) is 0 Å². The summed E-state index contributed by atoms with van der Waals surface area (Å²) in [5.74, 6) is 3.19. The van der Waals surface area contributed by atoms with Gasteiger partial charge in [-0.1, -0.05) is 243 Å². The summed E-state index contributed by atoms with van der Waals surface area (Å²) >= 11 is 0. The first kappa shape index (κ1) is 111. The maximum absolute atomic E-state index is 5.13. The van der Waals surface area contributed by atoms with E-state index in [-0.39, 0.29) is 111 Å². The third kappa shape index (κ3) is 28.4. The molecule has 20 rings (SSSR count). The number of rotatable bonds is 20. The molecule has 0 aliphatic carbocycles. The van der Waals surface area contributed by atoms with E-state index in [1.807, 2.05) is 274 Å². The fourth-order valence-electron chi connectivity index (χ4n) is 16.5. The van der Waals surface area contributed by atoms with Crippen LogP contribution in [-0.4, -0.2) is 39.9 Å². The van der Waals surface area contributed by atoms with Crippen molar-refractivity contribution in [3.8, 4) is 90.1 Å². The van der Waals surface area contributed by atoms with E-state index >= 15 is 0 Å². The topological polar surface area (TPSA) is 116 Å². The molecule has 744 valence electrons. The summed E-state index contributed by atoms with van der Waals surface area (Å²) < 4.78 is 0. The number of hydrogen-bond donors (Lipinski definition) is 0. The van der Waals surface area contributed by atoms with Crippen LogP contribution in [0.25, 0.3) is 90.1 Å². The molecule has 0 saturated carbocycles. The fourth-order valence-corrected chi connectivity index (χ4v) is 16.5. The molecule has 20 aromatic rings. The zero-order chi connectivity index (χ0) is 100. The van der Waals surface area contributed by atoms with Crippen molar-refractivity contribution in [2.75, 3.05) is 19.6 Å². The Morgan fingerprint density at radius 1 is 0.176 bits per heavy atom. The molecule has 0 aliphatic rings. The second kappa shape index (κ2) is 50.5. The molecule has 0 N–H and O–H groups in total. The van der Waals surface area contributed by atoms with Gasteiger partial charge in [0.1, 0.15) is 23.3 Å². The van der Waals surface area contributed by atoms with Crippen molar-refractivity contribution >= 4 is 68.8 Å². The zero-order valence-corrected chi connectivity index (χ0v) is 94.7. The number of para-hydroxylation sites is 1. The number of anilines is 12. The van der Waals surface area contributed by atoms with Gasteiger partial charge in [0.15, 0.2) is 0 Å². The van der Waals surface area contributed by atoms with Gasteiger partial charge in [-0.3, -0.25) is 29.7 Å². The number of pyridine rings is 8. The van der Waals surface area contributed by atoms with Crippen molar-refractivity contribution in [3.05, 3.63) is 508 Å². The maximum Gasteiger partial charge on any atom is 2.00 e. The number of aromatic nitrogens is 8. The molecule has 0 aliphatic heterocycles. The molecule has 0 atom stereocenters. The molecule has 8 aromatic heterocycles. The van der Waals surface area contributed by atoms with E-state index in [0.29, 0.717) is 0 Å². The van der Waals surface area contributed by atoms with Crippen molar-refractivity contribution in [2.24, 2.45) is 0 Å². The summed E-state index contributed by atoms with van der Waals surface area (Å²) in [6.45, 7) is 33.9. The second-order valence-corrected chi connectivity index (χ2v) is 40.3. The minimum Gasteiger partial charge on any atom is -0.346 e. The predicted octanol–water partition coefficient (Wildman–Crippen LogP) is 34.0. The monoisotopic (exact) mass is 2650 g/mol. The average Bonchev–Trinajstić information content (AvgIpc) is 0.882. The predicted molar refractivity (Wildman–Crippen MR) is 595 cm³/mol. The Kier molecular flexibility index (Phi) is 37.8. The van der Waals surface area contributed by atoms with Crippen molar-refractivity contribution in [1.82, 2.24) is 39.9 Å². The molecule has 0 amide bonds. The van der Waals surface area contributed by atoms with Gasteiger partial charge in [-0.15, -0.1) is 263 Å². The molecule has 0 unspecified atom stereocenters. The molecule has 16 heteroatoms. The van der Waals surface area contributed by atoms with Crippen LogP contribution in [0.3, 0.4) is 0 Å². The van der Waals surface area contributed by atoms with Crippen LogP contribution in [0, 0.1) is 48.5 Å². The number of nitrogens with zero attached hydrogens (tertiary/aromatic N) is 12. The van der Waals surface area contributed by atoms with Crippen LogP contribution >= 0.6 is 0 Å². The molecule has 0 spiro atoms. The van der Waals surface area contributed by atoms with Crippen molar-refractivity contribution < 1.29 is 84.3 Å². The van der Waals surface area contributed by atoms with E-state index < -0.39 is 0 Å². The standard InChI is InChI=1S/2C36H35N3.C32H27N3.C28H19N3.4Pt/c1-35(2,3)28-23-29(36(4,5)6)25-32(24-28)39(30-15-11-13-26(21-30)33-17-7-9-19-37-33)31-16-12-14-27(22-31)34-18-8-10-20-38-34;1-35(2,3)28-23-29(36(4,5)6)25-30(24-28)39(33-21-13-19-31(37-33)26-15-9-7-10-16-26)34-22-14-20-32(38-34)27-17-11-8-12-18-27;1-32(2,3)26-16-18-27(19-17-26)35(28-12-8-10-24(22-28)30-14-4-6-20-33-30)29-13-9-11-25(23-29)31-15-5-7-21-34-31;1-4-12-22(13-5-1)25-18-10-20-27(29-25)31(24-16-8-3-9-17-24)28-21-11-19-26(30-28)23-14-6-2-7-15-23;;;;/h7-20,23-25H,1-6H3;7-15,17,19-25H,1-6H3;4-21H,1-3H3;1-12,14,16-21H;;;;/q4*-2;4*+2. The third-order valence-electron chi connectivity index (χ3n) is 24.5. The first-order valence-electron chi connectivity index (χ1n) is 48.8. The molecule has 12 nitrogen and oxygen atoms in total. The van der Waals surface area contributed by atoms with Crippen LogP contribution in [0.1, 0.15) is 132 Å². The summed E-state index contributed by atoms with van der Waals surface area (Å²) in [5.41, 5.74) is 28.9. The van der Waals surface area contributed by atoms with Crippen molar-refractivity contribution in [2.45, 2.75) is 131 Å². The molecule has 0 saturated heterocycles. The normalized spacial score (nSPS) is 11.1. The summed E-state index contributed by atoms with van der Waals surface area (Å²) in [7, 11) is 0. The van der Waals surface area contributed by atoms with Gasteiger partial charge < -0.3 is 29.7 Å². The zero-order valence-electron chi connectivity index (χ0n) is 85.6. The van der Waals surface area contributed by atoms with Crippen LogP contribution in [-0.2, 0) is 111 Å². The Bertz CT molecular complexity index is 7000. The van der Waals surface area contributed by atoms with Gasteiger partial charge in [-0.2, -0.15) is 0 Å². The van der Waals surface area contributed by atoms with Crippen LogP contribution in [0.15, 0.2) is 431 Å². The van der Waals surface area contributed by atoms with Crippen LogP contribution in [0.2, 0.25) is 0 Å². The van der Waals surface area contributed by atoms with E-state index in [9.17, 15) is 0 Å². The molecule has 8 heterocycles. The first-order chi connectivity index (χ1) is 69.6. The maximum atomic E-state index is 5.13.